The van der Waals surface area contributed by atoms with E-state index in [-0.39, 0.29) is 22.8 Å². The van der Waals surface area contributed by atoms with Crippen LogP contribution in [0.2, 0.25) is 0 Å². The van der Waals surface area contributed by atoms with Gasteiger partial charge in [0.05, 0.1) is 17.2 Å². The number of likely N-dealkylation sites (tertiary alicyclic amines) is 1. The normalized spacial score (nSPS) is 25.8. The van der Waals surface area contributed by atoms with Gasteiger partial charge in [-0.05, 0) is 31.7 Å². The van der Waals surface area contributed by atoms with Gasteiger partial charge >= 0.3 is 0 Å². The van der Waals surface area contributed by atoms with E-state index in [1.807, 2.05) is 0 Å². The lowest BCUT2D eigenvalue weighted by molar-refractivity contribution is -0.128. The van der Waals surface area contributed by atoms with Gasteiger partial charge in [0.15, 0.2) is 5.82 Å². The van der Waals surface area contributed by atoms with Gasteiger partial charge in [-0.15, -0.1) is 0 Å². The monoisotopic (exact) mass is 291 g/mol. The maximum atomic E-state index is 13.7. The zero-order chi connectivity index (χ0) is 14.9. The van der Waals surface area contributed by atoms with Crippen molar-refractivity contribution in [3.8, 4) is 0 Å². The number of rotatable bonds is 1. The number of pyridine rings is 1. The van der Waals surface area contributed by atoms with Crippen LogP contribution in [0.5, 0.6) is 0 Å². The predicted molar refractivity (Wildman–Crippen MR) is 74.0 cm³/mol. The summed E-state index contributed by atoms with van der Waals surface area (Å²) in [6.07, 6.45) is 5.51. The lowest BCUT2D eigenvalue weighted by Crippen LogP contribution is -2.35. The second-order valence-corrected chi connectivity index (χ2v) is 5.79. The van der Waals surface area contributed by atoms with Gasteiger partial charge < -0.3 is 10.2 Å². The van der Waals surface area contributed by atoms with Crippen LogP contribution in [-0.2, 0) is 4.79 Å². The molecule has 3 rings (SSSR count). The molecule has 6 heteroatoms. The summed E-state index contributed by atoms with van der Waals surface area (Å²) in [5.41, 5.74) is -0.275. The van der Waals surface area contributed by atoms with E-state index in [0.29, 0.717) is 26.1 Å². The number of nitrogens with one attached hydrogen (secondary N) is 1. The van der Waals surface area contributed by atoms with Crippen LogP contribution in [-0.4, -0.2) is 41.3 Å². The fourth-order valence-electron chi connectivity index (χ4n) is 3.31. The Balaban J connectivity index is 1.75. The molecular formula is C15H18FN3O2. The summed E-state index contributed by atoms with van der Waals surface area (Å²) in [5.74, 6) is -0.808. The number of nitrogens with zero attached hydrogens (tertiary/aromatic N) is 2. The van der Waals surface area contributed by atoms with E-state index in [2.05, 4.69) is 10.3 Å². The Kier molecular flexibility index (Phi) is 3.61. The quantitative estimate of drug-likeness (QED) is 0.849. The van der Waals surface area contributed by atoms with Crippen LogP contribution < -0.4 is 5.32 Å². The molecule has 3 heterocycles. The molecule has 2 amide bonds. The van der Waals surface area contributed by atoms with E-state index in [9.17, 15) is 14.0 Å². The van der Waals surface area contributed by atoms with E-state index in [4.69, 9.17) is 0 Å². The first kappa shape index (κ1) is 14.0. The number of aromatic nitrogens is 1. The first-order valence-corrected chi connectivity index (χ1v) is 7.29. The summed E-state index contributed by atoms with van der Waals surface area (Å²) in [4.78, 5) is 29.7. The van der Waals surface area contributed by atoms with Crippen LogP contribution in [0, 0.1) is 11.2 Å². The minimum Gasteiger partial charge on any atom is -0.356 e. The highest BCUT2D eigenvalue weighted by Gasteiger charge is 2.43. The maximum Gasteiger partial charge on any atom is 0.256 e. The predicted octanol–water partition coefficient (Wildman–Crippen LogP) is 1.35. The van der Waals surface area contributed by atoms with Crippen LogP contribution in [0.1, 0.15) is 36.0 Å². The molecular weight excluding hydrogens is 273 g/mol. The number of halogens is 1. The molecule has 2 aliphatic heterocycles. The molecule has 112 valence electrons. The van der Waals surface area contributed by atoms with Crippen LogP contribution >= 0.6 is 0 Å². The van der Waals surface area contributed by atoms with Gasteiger partial charge in [0.1, 0.15) is 0 Å². The van der Waals surface area contributed by atoms with Gasteiger partial charge in [-0.25, -0.2) is 4.39 Å². The molecule has 2 aliphatic rings. The topological polar surface area (TPSA) is 62.3 Å². The molecule has 0 aromatic carbocycles. The molecule has 1 aromatic rings. The molecule has 21 heavy (non-hydrogen) atoms. The van der Waals surface area contributed by atoms with Gasteiger partial charge in [0.2, 0.25) is 5.91 Å². The Bertz CT molecular complexity index is 578. The molecule has 0 unspecified atom stereocenters. The largest absolute Gasteiger partial charge is 0.356 e. The maximum absolute atomic E-state index is 13.7. The highest BCUT2D eigenvalue weighted by Crippen LogP contribution is 2.38. The van der Waals surface area contributed by atoms with E-state index < -0.39 is 5.82 Å². The van der Waals surface area contributed by atoms with Crippen molar-refractivity contribution in [2.24, 2.45) is 5.41 Å². The van der Waals surface area contributed by atoms with Gasteiger partial charge in [-0.2, -0.15) is 0 Å². The zero-order valence-electron chi connectivity index (χ0n) is 11.8. The Hall–Kier alpha value is -1.98. The summed E-state index contributed by atoms with van der Waals surface area (Å²) in [6.45, 7) is 1.77. The summed E-state index contributed by atoms with van der Waals surface area (Å²) in [6, 6.07) is 1.40. The molecule has 1 atom stereocenters. The van der Waals surface area contributed by atoms with E-state index in [0.717, 1.165) is 25.5 Å². The molecule has 2 saturated heterocycles. The second-order valence-electron chi connectivity index (χ2n) is 5.79. The van der Waals surface area contributed by atoms with Gasteiger partial charge in [0, 0.05) is 25.8 Å². The molecule has 0 bridgehead atoms. The Morgan fingerprint density at radius 3 is 2.90 bits per heavy atom. The van der Waals surface area contributed by atoms with Crippen LogP contribution in [0.25, 0.3) is 0 Å². The van der Waals surface area contributed by atoms with Crippen molar-refractivity contribution in [2.45, 2.75) is 25.7 Å². The van der Waals surface area contributed by atoms with E-state index in [1.165, 1.54) is 12.3 Å². The van der Waals surface area contributed by atoms with Gasteiger partial charge in [-0.3, -0.25) is 14.6 Å². The number of carbonyl (C=O) groups excluding carboxylic acids is 2. The lowest BCUT2D eigenvalue weighted by atomic mass is 9.79. The Morgan fingerprint density at radius 1 is 1.33 bits per heavy atom. The third-order valence-electron chi connectivity index (χ3n) is 4.60. The van der Waals surface area contributed by atoms with Crippen LogP contribution in [0.15, 0.2) is 18.5 Å². The first-order valence-electron chi connectivity index (χ1n) is 7.29. The highest BCUT2D eigenvalue weighted by atomic mass is 19.1. The summed E-state index contributed by atoms with van der Waals surface area (Å²) < 4.78 is 13.7. The van der Waals surface area contributed by atoms with Crippen molar-refractivity contribution in [3.05, 3.63) is 29.8 Å². The van der Waals surface area contributed by atoms with E-state index >= 15 is 0 Å². The van der Waals surface area contributed by atoms with Crippen molar-refractivity contribution in [1.82, 2.24) is 15.2 Å². The van der Waals surface area contributed by atoms with Gasteiger partial charge in [-0.1, -0.05) is 0 Å². The van der Waals surface area contributed by atoms with Crippen molar-refractivity contribution < 1.29 is 14.0 Å². The summed E-state index contributed by atoms with van der Waals surface area (Å²) >= 11 is 0. The zero-order valence-corrected chi connectivity index (χ0v) is 11.8. The third-order valence-corrected chi connectivity index (χ3v) is 4.60. The van der Waals surface area contributed by atoms with Crippen LogP contribution in [0.3, 0.4) is 0 Å². The third kappa shape index (κ3) is 2.50. The smallest absolute Gasteiger partial charge is 0.256 e. The molecule has 0 aliphatic carbocycles. The van der Waals surface area contributed by atoms with Crippen molar-refractivity contribution >= 4 is 11.8 Å². The molecule has 5 nitrogen and oxygen atoms in total. The lowest BCUT2D eigenvalue weighted by Gasteiger charge is -2.24. The number of hydrogen-bond acceptors (Lipinski definition) is 3. The molecule has 1 aromatic heterocycles. The van der Waals surface area contributed by atoms with E-state index in [1.54, 1.807) is 4.90 Å². The minimum absolute atomic E-state index is 0.0526. The SMILES string of the molecule is O=C(c1ccncc1F)N1CCC[C@]2(CCNC2=O)CC1. The van der Waals surface area contributed by atoms with Crippen molar-refractivity contribution in [1.29, 1.82) is 0 Å². The second kappa shape index (κ2) is 5.42. The first-order chi connectivity index (χ1) is 10.1. The number of carbonyl (C=O) groups is 2. The Morgan fingerprint density at radius 2 is 2.19 bits per heavy atom. The highest BCUT2D eigenvalue weighted by molar-refractivity contribution is 5.94. The standard InChI is InChI=1S/C15H18FN3O2/c16-12-10-17-6-2-11(12)13(20)19-8-1-3-15(5-9-19)4-7-18-14(15)21/h2,6,10H,1,3-5,7-9H2,(H,18,21)/t15-/m0/s1. The number of amides is 2. The van der Waals surface area contributed by atoms with Crippen LogP contribution in [0.4, 0.5) is 4.39 Å². The molecule has 1 N–H and O–H groups in total. The number of hydrogen-bond donors (Lipinski definition) is 1. The summed E-state index contributed by atoms with van der Waals surface area (Å²) in [5, 5.41) is 2.88. The van der Waals surface area contributed by atoms with Gasteiger partial charge in [0.25, 0.3) is 5.91 Å². The Labute approximate surface area is 122 Å². The summed E-state index contributed by atoms with van der Waals surface area (Å²) in [7, 11) is 0. The van der Waals surface area contributed by atoms with Crippen molar-refractivity contribution in [2.75, 3.05) is 19.6 Å². The fourth-order valence-corrected chi connectivity index (χ4v) is 3.31. The average molecular weight is 291 g/mol. The molecule has 0 radical (unpaired) electrons. The molecule has 0 saturated carbocycles. The van der Waals surface area contributed by atoms with Crippen molar-refractivity contribution in [3.63, 3.8) is 0 Å². The average Bonchev–Trinajstić information content (AvgIpc) is 2.71. The molecule has 1 spiro atoms. The molecule has 2 fully saturated rings. The minimum atomic E-state index is -0.597. The fraction of sp³-hybridized carbons (Fsp3) is 0.533.